The quantitative estimate of drug-likeness (QED) is 0.440. The number of carbonyl (C=O) groups excluding carboxylic acids is 2. The molecule has 1 amide bonds. The molecule has 0 aromatic heterocycles. The van der Waals surface area contributed by atoms with Gasteiger partial charge >= 0.3 is 0 Å². The van der Waals surface area contributed by atoms with Gasteiger partial charge in [0, 0.05) is 6.54 Å². The first-order chi connectivity index (χ1) is 4.72. The summed E-state index contributed by atoms with van der Waals surface area (Å²) < 4.78 is 0. The van der Waals surface area contributed by atoms with Crippen LogP contribution in [0.1, 0.15) is 13.8 Å². The van der Waals surface area contributed by atoms with Gasteiger partial charge < -0.3 is 5.32 Å². The fourth-order valence-electron chi connectivity index (χ4n) is 0.460. The topological polar surface area (TPSA) is 58.5 Å². The van der Waals surface area contributed by atoms with Gasteiger partial charge in [0.15, 0.2) is 0 Å². The predicted octanol–water partition coefficient (Wildman–Crippen LogP) is -0.153. The van der Waals surface area contributed by atoms with Crippen LogP contribution in [0.15, 0.2) is 4.99 Å². The van der Waals surface area contributed by atoms with Crippen LogP contribution in [0.2, 0.25) is 0 Å². The number of nitrogens with one attached hydrogen (secondary N) is 1. The van der Waals surface area contributed by atoms with Gasteiger partial charge in [0.25, 0.3) is 0 Å². The average molecular weight is 142 g/mol. The molecule has 10 heavy (non-hydrogen) atoms. The summed E-state index contributed by atoms with van der Waals surface area (Å²) in [5.74, 6) is -0.245. The summed E-state index contributed by atoms with van der Waals surface area (Å²) >= 11 is 0. The van der Waals surface area contributed by atoms with Crippen molar-refractivity contribution in [2.75, 3.05) is 6.54 Å². The number of aliphatic imine (C=N–C) groups is 1. The molecule has 0 fully saturated rings. The molecule has 1 N–H and O–H groups in total. The SMILES string of the molecule is CCNC(=O)[C@H](C)N=C=O. The fourth-order valence-corrected chi connectivity index (χ4v) is 0.460. The Morgan fingerprint density at radius 1 is 1.80 bits per heavy atom. The number of hydrogen-bond donors (Lipinski definition) is 1. The molecule has 0 bridgehead atoms. The third kappa shape index (κ3) is 2.99. The molecule has 0 unspecified atom stereocenters. The second-order valence-corrected chi connectivity index (χ2v) is 1.79. The summed E-state index contributed by atoms with van der Waals surface area (Å²) in [6.07, 6.45) is 1.32. The van der Waals surface area contributed by atoms with Gasteiger partial charge in [-0.25, -0.2) is 4.79 Å². The van der Waals surface area contributed by atoms with Crippen molar-refractivity contribution in [3.63, 3.8) is 0 Å². The molecule has 4 heteroatoms. The molecule has 56 valence electrons. The Kier molecular flexibility index (Phi) is 4.16. The van der Waals surface area contributed by atoms with Gasteiger partial charge in [-0.15, -0.1) is 0 Å². The summed E-state index contributed by atoms with van der Waals surface area (Å²) in [5.41, 5.74) is 0. The van der Waals surface area contributed by atoms with Gasteiger partial charge in [0.2, 0.25) is 12.0 Å². The van der Waals surface area contributed by atoms with E-state index >= 15 is 0 Å². The van der Waals surface area contributed by atoms with Crippen molar-refractivity contribution in [2.45, 2.75) is 19.9 Å². The minimum Gasteiger partial charge on any atom is -0.355 e. The Morgan fingerprint density at radius 2 is 2.40 bits per heavy atom. The number of hydrogen-bond acceptors (Lipinski definition) is 3. The molecule has 0 aliphatic rings. The Labute approximate surface area is 59.3 Å². The van der Waals surface area contributed by atoms with E-state index in [1.54, 1.807) is 6.92 Å². The minimum atomic E-state index is -0.613. The number of carbonyl (C=O) groups is 1. The predicted molar refractivity (Wildman–Crippen MR) is 36.3 cm³/mol. The molecule has 0 radical (unpaired) electrons. The second-order valence-electron chi connectivity index (χ2n) is 1.79. The minimum absolute atomic E-state index is 0.245. The highest BCUT2D eigenvalue weighted by atomic mass is 16.2. The molecule has 0 spiro atoms. The molecule has 1 atom stereocenters. The Balaban J connectivity index is 3.81. The Bertz CT molecular complexity index is 161. The van der Waals surface area contributed by atoms with Gasteiger partial charge in [0.1, 0.15) is 6.04 Å². The summed E-state index contributed by atoms with van der Waals surface area (Å²) in [6.45, 7) is 3.89. The Hall–Kier alpha value is -1.15. The summed E-state index contributed by atoms with van der Waals surface area (Å²) in [4.78, 5) is 23.6. The second kappa shape index (κ2) is 4.70. The monoisotopic (exact) mass is 142 g/mol. The molecular weight excluding hydrogens is 132 g/mol. The summed E-state index contributed by atoms with van der Waals surface area (Å²) in [6, 6.07) is -0.613. The molecule has 0 heterocycles. The van der Waals surface area contributed by atoms with Gasteiger partial charge in [-0.05, 0) is 13.8 Å². The van der Waals surface area contributed by atoms with E-state index in [1.807, 2.05) is 0 Å². The van der Waals surface area contributed by atoms with Gasteiger partial charge in [-0.1, -0.05) is 0 Å². The number of rotatable bonds is 3. The van der Waals surface area contributed by atoms with Crippen molar-refractivity contribution in [1.82, 2.24) is 5.32 Å². The van der Waals surface area contributed by atoms with E-state index in [9.17, 15) is 9.59 Å². The zero-order valence-electron chi connectivity index (χ0n) is 6.05. The number of isocyanates is 1. The van der Waals surface area contributed by atoms with Crippen LogP contribution in [0.3, 0.4) is 0 Å². The lowest BCUT2D eigenvalue weighted by Gasteiger charge is -2.02. The van der Waals surface area contributed by atoms with Crippen molar-refractivity contribution in [1.29, 1.82) is 0 Å². The van der Waals surface area contributed by atoms with E-state index in [0.29, 0.717) is 6.54 Å². The number of nitrogens with zero attached hydrogens (tertiary/aromatic N) is 1. The normalized spacial score (nSPS) is 11.4. The van der Waals surface area contributed by atoms with Crippen molar-refractivity contribution >= 4 is 12.0 Å². The van der Waals surface area contributed by atoms with Crippen LogP contribution in [0.4, 0.5) is 0 Å². The number of likely N-dealkylation sites (N-methyl/N-ethyl adjacent to an activating group) is 1. The first-order valence-corrected chi connectivity index (χ1v) is 3.07. The van der Waals surface area contributed by atoms with Crippen LogP contribution in [0, 0.1) is 0 Å². The van der Waals surface area contributed by atoms with Crippen molar-refractivity contribution < 1.29 is 9.59 Å². The zero-order chi connectivity index (χ0) is 7.98. The van der Waals surface area contributed by atoms with E-state index in [-0.39, 0.29) is 5.91 Å². The lowest BCUT2D eigenvalue weighted by molar-refractivity contribution is -0.121. The van der Waals surface area contributed by atoms with Crippen molar-refractivity contribution in [3.05, 3.63) is 0 Å². The van der Waals surface area contributed by atoms with Crippen LogP contribution in [-0.2, 0) is 9.59 Å². The molecule has 0 aliphatic heterocycles. The van der Waals surface area contributed by atoms with Gasteiger partial charge in [-0.3, -0.25) is 4.79 Å². The smallest absolute Gasteiger partial charge is 0.245 e. The largest absolute Gasteiger partial charge is 0.355 e. The van der Waals surface area contributed by atoms with Crippen LogP contribution in [-0.4, -0.2) is 24.6 Å². The van der Waals surface area contributed by atoms with Crippen LogP contribution in [0.5, 0.6) is 0 Å². The zero-order valence-corrected chi connectivity index (χ0v) is 6.05. The van der Waals surface area contributed by atoms with E-state index in [4.69, 9.17) is 0 Å². The van der Waals surface area contributed by atoms with E-state index in [0.717, 1.165) is 0 Å². The fraction of sp³-hybridized carbons (Fsp3) is 0.667. The molecule has 0 saturated carbocycles. The maximum absolute atomic E-state index is 10.7. The molecule has 0 saturated heterocycles. The maximum atomic E-state index is 10.7. The molecule has 0 aromatic carbocycles. The average Bonchev–Trinajstić information content (AvgIpc) is 1.89. The first-order valence-electron chi connectivity index (χ1n) is 3.07. The van der Waals surface area contributed by atoms with Crippen LogP contribution in [0.25, 0.3) is 0 Å². The standard InChI is InChI=1S/C6H10N2O2/c1-3-7-6(10)5(2)8-4-9/h5H,3H2,1-2H3,(H,7,10)/t5-/m0/s1. The highest BCUT2D eigenvalue weighted by Gasteiger charge is 2.08. The molecule has 0 rings (SSSR count). The third-order valence-corrected chi connectivity index (χ3v) is 0.977. The molecule has 4 nitrogen and oxygen atoms in total. The highest BCUT2D eigenvalue weighted by molar-refractivity contribution is 5.82. The van der Waals surface area contributed by atoms with Crippen molar-refractivity contribution in [2.24, 2.45) is 4.99 Å². The van der Waals surface area contributed by atoms with Crippen LogP contribution < -0.4 is 5.32 Å². The highest BCUT2D eigenvalue weighted by Crippen LogP contribution is 1.85. The van der Waals surface area contributed by atoms with Gasteiger partial charge in [0.05, 0.1) is 0 Å². The van der Waals surface area contributed by atoms with E-state index in [2.05, 4.69) is 10.3 Å². The maximum Gasteiger partial charge on any atom is 0.245 e. The lowest BCUT2D eigenvalue weighted by Crippen LogP contribution is -2.31. The van der Waals surface area contributed by atoms with Crippen molar-refractivity contribution in [3.8, 4) is 0 Å². The third-order valence-electron chi connectivity index (χ3n) is 0.977. The lowest BCUT2D eigenvalue weighted by atomic mass is 10.3. The molecular formula is C6H10N2O2. The van der Waals surface area contributed by atoms with Crippen LogP contribution >= 0.6 is 0 Å². The number of amides is 1. The Morgan fingerprint density at radius 3 is 2.80 bits per heavy atom. The summed E-state index contributed by atoms with van der Waals surface area (Å²) in [7, 11) is 0. The summed E-state index contributed by atoms with van der Waals surface area (Å²) in [5, 5.41) is 2.52. The van der Waals surface area contributed by atoms with E-state index in [1.165, 1.54) is 13.0 Å². The first kappa shape index (κ1) is 8.85. The van der Waals surface area contributed by atoms with Gasteiger partial charge in [-0.2, -0.15) is 4.99 Å². The molecule has 0 aromatic rings. The molecule has 0 aliphatic carbocycles. The van der Waals surface area contributed by atoms with E-state index < -0.39 is 6.04 Å².